The van der Waals surface area contributed by atoms with E-state index >= 15 is 0 Å². The topological polar surface area (TPSA) is 104 Å². The molecule has 10 heteroatoms. The summed E-state index contributed by atoms with van der Waals surface area (Å²) < 4.78 is 53.8. The molecule has 1 heterocycles. The van der Waals surface area contributed by atoms with Gasteiger partial charge < -0.3 is 5.32 Å². The Morgan fingerprint density at radius 3 is 2.18 bits per heavy atom. The van der Waals surface area contributed by atoms with Gasteiger partial charge in [0.1, 0.15) is 6.54 Å². The first kappa shape index (κ1) is 25.2. The molecule has 33 heavy (non-hydrogen) atoms. The van der Waals surface area contributed by atoms with Gasteiger partial charge in [-0.3, -0.25) is 9.10 Å². The van der Waals surface area contributed by atoms with Crippen molar-refractivity contribution < 1.29 is 21.6 Å². The number of aryl methyl sites for hydroxylation is 2. The lowest BCUT2D eigenvalue weighted by atomic mass is 10.2. The van der Waals surface area contributed by atoms with Gasteiger partial charge in [0.2, 0.25) is 26.0 Å². The maximum absolute atomic E-state index is 13.3. The molecule has 0 radical (unpaired) electrons. The van der Waals surface area contributed by atoms with Crippen LogP contribution in [0.3, 0.4) is 0 Å². The van der Waals surface area contributed by atoms with Crippen LogP contribution < -0.4 is 9.62 Å². The van der Waals surface area contributed by atoms with Crippen molar-refractivity contribution >= 4 is 37.3 Å². The molecule has 180 valence electrons. The lowest BCUT2D eigenvalue weighted by molar-refractivity contribution is -0.114. The molecule has 1 amide bonds. The van der Waals surface area contributed by atoms with Crippen LogP contribution >= 0.6 is 0 Å². The molecule has 0 saturated carbocycles. The van der Waals surface area contributed by atoms with Crippen LogP contribution in [0, 0.1) is 13.8 Å². The second-order valence-electron chi connectivity index (χ2n) is 8.40. The highest BCUT2D eigenvalue weighted by Gasteiger charge is 2.27. The van der Waals surface area contributed by atoms with Crippen LogP contribution in [0.15, 0.2) is 47.4 Å². The van der Waals surface area contributed by atoms with Crippen molar-refractivity contribution in [2.75, 3.05) is 35.5 Å². The highest BCUT2D eigenvalue weighted by molar-refractivity contribution is 7.92. The Kier molecular flexibility index (Phi) is 7.81. The molecule has 2 aromatic carbocycles. The van der Waals surface area contributed by atoms with Crippen LogP contribution in [0.1, 0.15) is 36.8 Å². The van der Waals surface area contributed by atoms with Gasteiger partial charge in [0, 0.05) is 18.8 Å². The third-order valence-corrected chi connectivity index (χ3v) is 8.89. The van der Waals surface area contributed by atoms with Crippen LogP contribution in [0.5, 0.6) is 0 Å². The highest BCUT2D eigenvalue weighted by atomic mass is 32.2. The summed E-state index contributed by atoms with van der Waals surface area (Å²) in [6, 6.07) is 11.6. The number of nitrogens with one attached hydrogen (secondary N) is 1. The molecule has 1 fully saturated rings. The predicted octanol–water partition coefficient (Wildman–Crippen LogP) is 3.27. The quantitative estimate of drug-likeness (QED) is 0.638. The predicted molar refractivity (Wildman–Crippen MR) is 130 cm³/mol. The molecule has 1 aliphatic heterocycles. The van der Waals surface area contributed by atoms with E-state index in [2.05, 4.69) is 5.32 Å². The van der Waals surface area contributed by atoms with Gasteiger partial charge in [-0.25, -0.2) is 16.8 Å². The van der Waals surface area contributed by atoms with Gasteiger partial charge in [-0.05, 0) is 56.0 Å². The highest BCUT2D eigenvalue weighted by Crippen LogP contribution is 2.26. The van der Waals surface area contributed by atoms with Crippen molar-refractivity contribution in [2.24, 2.45) is 0 Å². The first-order valence-corrected chi connectivity index (χ1v) is 14.2. The number of nitrogens with zero attached hydrogens (tertiary/aromatic N) is 2. The molecule has 0 bridgehead atoms. The minimum atomic E-state index is -3.71. The fraction of sp³-hybridized carbons (Fsp3) is 0.435. The molecule has 1 N–H and O–H groups in total. The van der Waals surface area contributed by atoms with Crippen molar-refractivity contribution in [1.29, 1.82) is 0 Å². The number of anilines is 2. The van der Waals surface area contributed by atoms with E-state index in [9.17, 15) is 21.6 Å². The van der Waals surface area contributed by atoms with Crippen molar-refractivity contribution in [3.8, 4) is 0 Å². The van der Waals surface area contributed by atoms with Gasteiger partial charge in [0.25, 0.3) is 0 Å². The average molecular weight is 494 g/mol. The van der Waals surface area contributed by atoms with Gasteiger partial charge in [0.15, 0.2) is 0 Å². The number of sulfonamides is 2. The first-order valence-electron chi connectivity index (χ1n) is 10.9. The average Bonchev–Trinajstić information content (AvgIpc) is 3.03. The van der Waals surface area contributed by atoms with Gasteiger partial charge in [-0.2, -0.15) is 4.31 Å². The number of hydrogen-bond acceptors (Lipinski definition) is 5. The van der Waals surface area contributed by atoms with Crippen molar-refractivity contribution in [1.82, 2.24) is 4.31 Å². The molecule has 0 unspecified atom stereocenters. The SMILES string of the molecule is Cc1ccccc1N(CC(=O)Nc1ccc(C)c(S(=O)(=O)N2CCCCCC2)c1)S(C)(=O)=O. The van der Waals surface area contributed by atoms with Gasteiger partial charge >= 0.3 is 0 Å². The van der Waals surface area contributed by atoms with Crippen molar-refractivity contribution in [2.45, 2.75) is 44.4 Å². The summed E-state index contributed by atoms with van der Waals surface area (Å²) in [7, 11) is -7.41. The van der Waals surface area contributed by atoms with Crippen molar-refractivity contribution in [3.05, 3.63) is 53.6 Å². The van der Waals surface area contributed by atoms with Crippen LogP contribution in [-0.4, -0.2) is 52.9 Å². The molecule has 3 rings (SSSR count). The van der Waals surface area contributed by atoms with Gasteiger partial charge in [-0.1, -0.05) is 37.1 Å². The Morgan fingerprint density at radius 1 is 0.939 bits per heavy atom. The largest absolute Gasteiger partial charge is 0.324 e. The lowest BCUT2D eigenvalue weighted by Crippen LogP contribution is -2.38. The van der Waals surface area contributed by atoms with Crippen LogP contribution in [0.2, 0.25) is 0 Å². The summed E-state index contributed by atoms with van der Waals surface area (Å²) in [4.78, 5) is 12.9. The summed E-state index contributed by atoms with van der Waals surface area (Å²) >= 11 is 0. The van der Waals surface area contributed by atoms with E-state index in [0.29, 0.717) is 30.0 Å². The van der Waals surface area contributed by atoms with E-state index in [1.54, 1.807) is 50.2 Å². The normalized spacial score (nSPS) is 15.6. The maximum atomic E-state index is 13.3. The number of hydrogen-bond donors (Lipinski definition) is 1. The zero-order valence-electron chi connectivity index (χ0n) is 19.2. The number of rotatable bonds is 7. The maximum Gasteiger partial charge on any atom is 0.245 e. The number of para-hydroxylation sites is 1. The Hall–Kier alpha value is -2.43. The van der Waals surface area contributed by atoms with E-state index in [1.165, 1.54) is 10.4 Å². The summed E-state index contributed by atoms with van der Waals surface area (Å²) in [6.07, 6.45) is 4.73. The Morgan fingerprint density at radius 2 is 1.58 bits per heavy atom. The summed E-state index contributed by atoms with van der Waals surface area (Å²) in [6.45, 7) is 4.03. The summed E-state index contributed by atoms with van der Waals surface area (Å²) in [5.41, 5.74) is 2.03. The van der Waals surface area contributed by atoms with E-state index < -0.39 is 32.5 Å². The number of carbonyl (C=O) groups excluding carboxylic acids is 1. The molecular formula is C23H31N3O5S2. The smallest absolute Gasteiger partial charge is 0.245 e. The lowest BCUT2D eigenvalue weighted by Gasteiger charge is -2.24. The summed E-state index contributed by atoms with van der Waals surface area (Å²) in [5, 5.41) is 2.66. The second-order valence-corrected chi connectivity index (χ2v) is 12.2. The third-order valence-electron chi connectivity index (χ3n) is 5.73. The minimum Gasteiger partial charge on any atom is -0.324 e. The van der Waals surface area contributed by atoms with Crippen LogP contribution in [-0.2, 0) is 24.8 Å². The van der Waals surface area contributed by atoms with Gasteiger partial charge in [0.05, 0.1) is 16.8 Å². The Bertz CT molecular complexity index is 1220. The van der Waals surface area contributed by atoms with E-state index in [-0.39, 0.29) is 4.90 Å². The fourth-order valence-corrected chi connectivity index (χ4v) is 6.61. The summed E-state index contributed by atoms with van der Waals surface area (Å²) in [5.74, 6) is -0.564. The first-order chi connectivity index (χ1) is 15.5. The molecular weight excluding hydrogens is 462 g/mol. The standard InChI is InChI=1S/C23H31N3O5S2/c1-18-10-6-7-11-21(18)26(32(3,28)29)17-23(27)24-20-13-12-19(2)22(16-20)33(30,31)25-14-8-4-5-9-15-25/h6-7,10-13,16H,4-5,8-9,14-15,17H2,1-3H3,(H,24,27). The van der Waals surface area contributed by atoms with Crippen LogP contribution in [0.4, 0.5) is 11.4 Å². The second kappa shape index (κ2) is 10.2. The van der Waals surface area contributed by atoms with Gasteiger partial charge in [-0.15, -0.1) is 0 Å². The monoisotopic (exact) mass is 493 g/mol. The zero-order chi connectivity index (χ0) is 24.2. The fourth-order valence-electron chi connectivity index (χ4n) is 3.93. The minimum absolute atomic E-state index is 0.154. The van der Waals surface area contributed by atoms with Crippen molar-refractivity contribution in [3.63, 3.8) is 0 Å². The molecule has 2 aromatic rings. The molecule has 1 saturated heterocycles. The Balaban J connectivity index is 1.83. The molecule has 0 spiro atoms. The number of benzene rings is 2. The number of amides is 1. The molecule has 0 atom stereocenters. The third kappa shape index (κ3) is 6.13. The van der Waals surface area contributed by atoms with E-state index in [1.807, 2.05) is 0 Å². The molecule has 8 nitrogen and oxygen atoms in total. The molecule has 1 aliphatic rings. The molecule has 0 aliphatic carbocycles. The van der Waals surface area contributed by atoms with E-state index in [0.717, 1.165) is 41.8 Å². The zero-order valence-corrected chi connectivity index (χ0v) is 20.9. The van der Waals surface area contributed by atoms with E-state index in [4.69, 9.17) is 0 Å². The molecule has 0 aromatic heterocycles. The van der Waals surface area contributed by atoms with Crippen LogP contribution in [0.25, 0.3) is 0 Å². The number of carbonyl (C=O) groups is 1. The Labute approximate surface area is 196 Å².